The van der Waals surface area contributed by atoms with Crippen molar-refractivity contribution in [3.8, 4) is 12.3 Å². The standard InChI is InChI=1S/C15H16N2O3S/c1-2-10-21(19,20)14-5-3-4-12(11-14)6-7-13-8-9-15(18)17-16-13/h1,3-7,11,13,16H,8-10H2,(H,17,18)/b7-6+. The van der Waals surface area contributed by atoms with Crippen LogP contribution in [0.5, 0.6) is 0 Å². The van der Waals surface area contributed by atoms with Gasteiger partial charge in [-0.15, -0.1) is 6.42 Å². The number of amides is 1. The van der Waals surface area contributed by atoms with E-state index < -0.39 is 9.84 Å². The number of nitrogens with one attached hydrogen (secondary N) is 2. The predicted octanol–water partition coefficient (Wildman–Crippen LogP) is 0.890. The van der Waals surface area contributed by atoms with Crippen LogP contribution in [0.4, 0.5) is 0 Å². The van der Waals surface area contributed by atoms with Gasteiger partial charge in [0.2, 0.25) is 5.91 Å². The zero-order chi connectivity index (χ0) is 15.3. The molecule has 0 spiro atoms. The van der Waals surface area contributed by atoms with Crippen molar-refractivity contribution in [3.05, 3.63) is 35.9 Å². The van der Waals surface area contributed by atoms with Crippen LogP contribution in [0.3, 0.4) is 0 Å². The Labute approximate surface area is 124 Å². The number of hydrogen-bond donors (Lipinski definition) is 2. The van der Waals surface area contributed by atoms with Gasteiger partial charge in [-0.1, -0.05) is 30.2 Å². The molecular weight excluding hydrogens is 288 g/mol. The van der Waals surface area contributed by atoms with E-state index in [1.807, 2.05) is 18.2 Å². The van der Waals surface area contributed by atoms with Crippen LogP contribution >= 0.6 is 0 Å². The summed E-state index contributed by atoms with van der Waals surface area (Å²) in [5.41, 5.74) is 6.21. The lowest BCUT2D eigenvalue weighted by Crippen LogP contribution is -2.48. The Bertz CT molecular complexity index is 692. The first-order valence-corrected chi connectivity index (χ1v) is 8.15. The van der Waals surface area contributed by atoms with Crippen LogP contribution in [0.1, 0.15) is 18.4 Å². The lowest BCUT2D eigenvalue weighted by Gasteiger charge is -2.20. The zero-order valence-electron chi connectivity index (χ0n) is 11.4. The Balaban J connectivity index is 2.11. The second kappa shape index (κ2) is 6.57. The molecular formula is C15H16N2O3S. The largest absolute Gasteiger partial charge is 0.291 e. The maximum Gasteiger partial charge on any atom is 0.234 e. The topological polar surface area (TPSA) is 75.3 Å². The van der Waals surface area contributed by atoms with Crippen molar-refractivity contribution < 1.29 is 13.2 Å². The quantitative estimate of drug-likeness (QED) is 0.810. The van der Waals surface area contributed by atoms with Crippen molar-refractivity contribution in [2.45, 2.75) is 23.8 Å². The molecule has 2 rings (SSSR count). The molecule has 0 aromatic heterocycles. The van der Waals surface area contributed by atoms with Crippen LogP contribution in [0.2, 0.25) is 0 Å². The van der Waals surface area contributed by atoms with Crippen LogP contribution in [0.15, 0.2) is 35.2 Å². The number of carbonyl (C=O) groups is 1. The smallest absolute Gasteiger partial charge is 0.234 e. The minimum atomic E-state index is -3.43. The lowest BCUT2D eigenvalue weighted by atomic mass is 10.1. The van der Waals surface area contributed by atoms with Gasteiger partial charge in [-0.05, 0) is 24.1 Å². The number of carbonyl (C=O) groups excluding carboxylic acids is 1. The van der Waals surface area contributed by atoms with Gasteiger partial charge in [0.1, 0.15) is 5.75 Å². The second-order valence-corrected chi connectivity index (χ2v) is 6.72. The van der Waals surface area contributed by atoms with Crippen LogP contribution in [0.25, 0.3) is 6.08 Å². The minimum Gasteiger partial charge on any atom is -0.291 e. The van der Waals surface area contributed by atoms with Gasteiger partial charge in [-0.3, -0.25) is 10.2 Å². The molecule has 21 heavy (non-hydrogen) atoms. The van der Waals surface area contributed by atoms with Gasteiger partial charge in [0.25, 0.3) is 0 Å². The van der Waals surface area contributed by atoms with E-state index in [2.05, 4.69) is 16.8 Å². The molecule has 1 saturated heterocycles. The molecule has 6 heteroatoms. The predicted molar refractivity (Wildman–Crippen MR) is 80.7 cm³/mol. The van der Waals surface area contributed by atoms with Crippen LogP contribution in [-0.2, 0) is 14.6 Å². The normalized spacial score (nSPS) is 19.2. The van der Waals surface area contributed by atoms with Crippen LogP contribution < -0.4 is 10.9 Å². The van der Waals surface area contributed by atoms with Crippen molar-refractivity contribution in [2.75, 3.05) is 5.75 Å². The summed E-state index contributed by atoms with van der Waals surface area (Å²) in [5, 5.41) is 0. The average Bonchev–Trinajstić information content (AvgIpc) is 2.47. The van der Waals surface area contributed by atoms with E-state index in [-0.39, 0.29) is 22.6 Å². The zero-order valence-corrected chi connectivity index (χ0v) is 12.2. The highest BCUT2D eigenvalue weighted by Crippen LogP contribution is 2.15. The monoisotopic (exact) mass is 304 g/mol. The van der Waals surface area contributed by atoms with Crippen molar-refractivity contribution in [2.24, 2.45) is 0 Å². The SMILES string of the molecule is C#CCS(=O)(=O)c1cccc(/C=C/C2CCC(=O)NN2)c1. The summed E-state index contributed by atoms with van der Waals surface area (Å²) in [4.78, 5) is 11.2. The molecule has 1 amide bonds. The van der Waals surface area contributed by atoms with Crippen molar-refractivity contribution >= 4 is 21.8 Å². The molecule has 1 fully saturated rings. The summed E-state index contributed by atoms with van der Waals surface area (Å²) in [6.45, 7) is 0. The van der Waals surface area contributed by atoms with Gasteiger partial charge < -0.3 is 0 Å². The van der Waals surface area contributed by atoms with Gasteiger partial charge in [-0.25, -0.2) is 13.8 Å². The highest BCUT2D eigenvalue weighted by Gasteiger charge is 2.15. The third-order valence-electron chi connectivity index (χ3n) is 3.09. The summed E-state index contributed by atoms with van der Waals surface area (Å²) < 4.78 is 23.8. The average molecular weight is 304 g/mol. The molecule has 0 saturated carbocycles. The number of benzene rings is 1. The van der Waals surface area contributed by atoms with E-state index in [4.69, 9.17) is 6.42 Å². The maximum atomic E-state index is 11.9. The van der Waals surface area contributed by atoms with Gasteiger partial charge in [0, 0.05) is 12.5 Å². The highest BCUT2D eigenvalue weighted by molar-refractivity contribution is 7.91. The Hall–Kier alpha value is -2.10. The van der Waals surface area contributed by atoms with Crippen LogP contribution in [-0.4, -0.2) is 26.1 Å². The van der Waals surface area contributed by atoms with E-state index in [9.17, 15) is 13.2 Å². The molecule has 2 N–H and O–H groups in total. The number of terminal acetylenes is 1. The fourth-order valence-corrected chi connectivity index (χ4v) is 2.96. The summed E-state index contributed by atoms with van der Waals surface area (Å²) in [6, 6.07) is 6.65. The molecule has 1 aromatic carbocycles. The molecule has 1 heterocycles. The minimum absolute atomic E-state index is 0.0259. The number of hydrazine groups is 1. The highest BCUT2D eigenvalue weighted by atomic mass is 32.2. The molecule has 1 unspecified atom stereocenters. The van der Waals surface area contributed by atoms with Crippen molar-refractivity contribution in [1.29, 1.82) is 0 Å². The van der Waals surface area contributed by atoms with E-state index in [1.54, 1.807) is 12.1 Å². The second-order valence-electron chi connectivity index (χ2n) is 4.73. The summed E-state index contributed by atoms with van der Waals surface area (Å²) in [6.07, 6.45) is 9.97. The molecule has 110 valence electrons. The molecule has 1 atom stereocenters. The van der Waals surface area contributed by atoms with E-state index in [1.165, 1.54) is 6.07 Å². The summed E-state index contributed by atoms with van der Waals surface area (Å²) in [7, 11) is -3.43. The Kier molecular flexibility index (Phi) is 4.78. The first kappa shape index (κ1) is 15.3. The van der Waals surface area contributed by atoms with Gasteiger partial charge in [0.05, 0.1) is 4.90 Å². The summed E-state index contributed by atoms with van der Waals surface area (Å²) >= 11 is 0. The number of hydrogen-bond acceptors (Lipinski definition) is 4. The fourth-order valence-electron chi connectivity index (χ4n) is 1.97. The van der Waals surface area contributed by atoms with E-state index >= 15 is 0 Å². The number of rotatable bonds is 4. The van der Waals surface area contributed by atoms with Gasteiger partial charge in [0.15, 0.2) is 9.84 Å². The third-order valence-corrected chi connectivity index (χ3v) is 4.61. The van der Waals surface area contributed by atoms with Gasteiger partial charge >= 0.3 is 0 Å². The third kappa shape index (κ3) is 4.18. The van der Waals surface area contributed by atoms with Crippen LogP contribution in [0, 0.1) is 12.3 Å². The van der Waals surface area contributed by atoms with Gasteiger partial charge in [-0.2, -0.15) is 0 Å². The van der Waals surface area contributed by atoms with Crippen molar-refractivity contribution in [3.63, 3.8) is 0 Å². The Morgan fingerprint density at radius 2 is 2.24 bits per heavy atom. The Morgan fingerprint density at radius 3 is 2.90 bits per heavy atom. The van der Waals surface area contributed by atoms with E-state index in [0.29, 0.717) is 12.8 Å². The molecule has 0 bridgehead atoms. The molecule has 5 nitrogen and oxygen atoms in total. The lowest BCUT2D eigenvalue weighted by molar-refractivity contribution is -0.123. The van der Waals surface area contributed by atoms with E-state index in [0.717, 1.165) is 5.56 Å². The fraction of sp³-hybridized carbons (Fsp3) is 0.267. The first-order valence-electron chi connectivity index (χ1n) is 6.50. The molecule has 1 aliphatic rings. The molecule has 1 aliphatic heterocycles. The Morgan fingerprint density at radius 1 is 1.43 bits per heavy atom. The molecule has 1 aromatic rings. The number of sulfone groups is 1. The molecule has 0 radical (unpaired) electrons. The maximum absolute atomic E-state index is 11.9. The molecule has 0 aliphatic carbocycles. The van der Waals surface area contributed by atoms with Crippen molar-refractivity contribution in [1.82, 2.24) is 10.9 Å². The first-order chi connectivity index (χ1) is 10.0. The summed E-state index contributed by atoms with van der Waals surface area (Å²) in [5.74, 6) is 1.82.